The van der Waals surface area contributed by atoms with Crippen molar-refractivity contribution in [2.75, 3.05) is 25.7 Å². The Hall–Kier alpha value is -2.44. The van der Waals surface area contributed by atoms with Gasteiger partial charge in [0.1, 0.15) is 32.5 Å². The van der Waals surface area contributed by atoms with Gasteiger partial charge in [0.2, 0.25) is 0 Å². The molecule has 0 unspecified atom stereocenters. The summed E-state index contributed by atoms with van der Waals surface area (Å²) in [6.07, 6.45) is -0.693. The van der Waals surface area contributed by atoms with Gasteiger partial charge in [-0.05, 0) is 94.6 Å². The van der Waals surface area contributed by atoms with E-state index in [1.165, 1.54) is 30.5 Å². The van der Waals surface area contributed by atoms with Crippen molar-refractivity contribution in [3.8, 4) is 0 Å². The maximum Gasteiger partial charge on any atom is 0.415 e. The van der Waals surface area contributed by atoms with E-state index in [2.05, 4.69) is 20.7 Å². The zero-order valence-electron chi connectivity index (χ0n) is 22.8. The Morgan fingerprint density at radius 1 is 0.811 bits per heavy atom. The standard InChI is InChI=1S/C18H27NO6S.C7H7BrO2S/c1-11-9-12(26-14(11)15(21)23-8)19(16(22)25-18(5,6)7)10-13(20)24-17(2,3)4;1-4-3-5(8)11-6(4)7(9)10-2/h9H,10H2,1-8H3;3H,1-2H3. The van der Waals surface area contributed by atoms with Gasteiger partial charge in [-0.3, -0.25) is 9.69 Å². The second kappa shape index (κ2) is 13.4. The number of carbonyl (C=O) groups excluding carboxylic acids is 4. The molecule has 0 aliphatic rings. The van der Waals surface area contributed by atoms with Gasteiger partial charge >= 0.3 is 24.0 Å². The molecule has 0 aliphatic heterocycles. The molecule has 206 valence electrons. The Labute approximate surface area is 234 Å². The summed E-state index contributed by atoms with van der Waals surface area (Å²) >= 11 is 5.74. The first-order valence-electron chi connectivity index (χ1n) is 11.1. The van der Waals surface area contributed by atoms with E-state index in [1.54, 1.807) is 54.5 Å². The first kappa shape index (κ1) is 32.6. The Morgan fingerprint density at radius 2 is 1.27 bits per heavy atom. The van der Waals surface area contributed by atoms with Crippen LogP contribution in [0.5, 0.6) is 0 Å². The minimum atomic E-state index is -0.735. The molecule has 0 saturated carbocycles. The average Bonchev–Trinajstić information content (AvgIpc) is 3.29. The topological polar surface area (TPSA) is 108 Å². The van der Waals surface area contributed by atoms with Crippen molar-refractivity contribution in [3.63, 3.8) is 0 Å². The molecule has 2 rings (SSSR count). The highest BCUT2D eigenvalue weighted by Gasteiger charge is 2.30. The minimum Gasteiger partial charge on any atom is -0.465 e. The summed E-state index contributed by atoms with van der Waals surface area (Å²) in [5, 5.41) is 0.406. The van der Waals surface area contributed by atoms with Gasteiger partial charge in [0.05, 0.1) is 18.0 Å². The van der Waals surface area contributed by atoms with Gasteiger partial charge in [-0.15, -0.1) is 22.7 Å². The first-order valence-corrected chi connectivity index (χ1v) is 13.6. The molecule has 0 fully saturated rings. The van der Waals surface area contributed by atoms with Crippen LogP contribution in [0.15, 0.2) is 15.9 Å². The van der Waals surface area contributed by atoms with Gasteiger partial charge in [0.15, 0.2) is 0 Å². The lowest BCUT2D eigenvalue weighted by atomic mass is 10.2. The largest absolute Gasteiger partial charge is 0.465 e. The number of aryl methyl sites for hydroxylation is 2. The van der Waals surface area contributed by atoms with Gasteiger partial charge in [-0.25, -0.2) is 14.4 Å². The summed E-state index contributed by atoms with van der Waals surface area (Å²) in [7, 11) is 2.67. The van der Waals surface area contributed by atoms with Crippen molar-refractivity contribution >= 4 is 67.6 Å². The third-order valence-corrected chi connectivity index (χ3v) is 7.08. The molecular weight excluding hydrogens is 586 g/mol. The number of amides is 1. The van der Waals surface area contributed by atoms with Crippen molar-refractivity contribution in [2.45, 2.75) is 66.6 Å². The van der Waals surface area contributed by atoms with E-state index in [0.29, 0.717) is 20.3 Å². The second-order valence-corrected chi connectivity index (χ2v) is 13.3. The average molecular weight is 621 g/mol. The van der Waals surface area contributed by atoms with Crippen molar-refractivity contribution in [2.24, 2.45) is 0 Å². The number of halogens is 1. The summed E-state index contributed by atoms with van der Waals surface area (Å²) in [4.78, 5) is 49.9. The smallest absolute Gasteiger partial charge is 0.415 e. The van der Waals surface area contributed by atoms with Crippen LogP contribution < -0.4 is 4.90 Å². The number of ether oxygens (including phenoxy) is 4. The second-order valence-electron chi connectivity index (χ2n) is 9.80. The Balaban J connectivity index is 0.000000516. The van der Waals surface area contributed by atoms with Crippen LogP contribution >= 0.6 is 38.6 Å². The number of hydrogen-bond donors (Lipinski definition) is 0. The molecular formula is C25H34BrNO8S2. The number of nitrogens with zero attached hydrogens (tertiary/aromatic N) is 1. The summed E-state index contributed by atoms with van der Waals surface area (Å²) in [6.45, 7) is 13.7. The molecule has 0 radical (unpaired) electrons. The van der Waals surface area contributed by atoms with Crippen LogP contribution in [0.3, 0.4) is 0 Å². The maximum absolute atomic E-state index is 12.6. The van der Waals surface area contributed by atoms with E-state index in [4.69, 9.17) is 14.2 Å². The number of thiophene rings is 2. The van der Waals surface area contributed by atoms with E-state index >= 15 is 0 Å². The van der Waals surface area contributed by atoms with Crippen LogP contribution in [0.1, 0.15) is 72.0 Å². The number of esters is 3. The highest BCUT2D eigenvalue weighted by atomic mass is 79.9. The fourth-order valence-electron chi connectivity index (χ4n) is 2.68. The van der Waals surface area contributed by atoms with Gasteiger partial charge in [-0.1, -0.05) is 0 Å². The van der Waals surface area contributed by atoms with Crippen molar-refractivity contribution in [1.82, 2.24) is 0 Å². The summed E-state index contributed by atoms with van der Waals surface area (Å²) in [5.74, 6) is -1.34. The Morgan fingerprint density at radius 3 is 1.68 bits per heavy atom. The molecule has 37 heavy (non-hydrogen) atoms. The molecule has 12 heteroatoms. The molecule has 2 heterocycles. The van der Waals surface area contributed by atoms with Crippen LogP contribution in [-0.4, -0.2) is 56.0 Å². The van der Waals surface area contributed by atoms with Gasteiger partial charge < -0.3 is 18.9 Å². The highest BCUT2D eigenvalue weighted by Crippen LogP contribution is 2.32. The number of anilines is 1. The van der Waals surface area contributed by atoms with Crippen LogP contribution in [0.2, 0.25) is 0 Å². The lowest BCUT2D eigenvalue weighted by Gasteiger charge is -2.27. The van der Waals surface area contributed by atoms with Crippen LogP contribution in [0.25, 0.3) is 0 Å². The van der Waals surface area contributed by atoms with Gasteiger partial charge in [-0.2, -0.15) is 0 Å². The van der Waals surface area contributed by atoms with Crippen molar-refractivity contribution in [1.29, 1.82) is 0 Å². The van der Waals surface area contributed by atoms with E-state index in [1.807, 2.05) is 13.0 Å². The molecule has 0 N–H and O–H groups in total. The Kier molecular flexibility index (Phi) is 11.8. The zero-order valence-corrected chi connectivity index (χ0v) is 26.0. The lowest BCUT2D eigenvalue weighted by molar-refractivity contribution is -0.153. The van der Waals surface area contributed by atoms with E-state index in [0.717, 1.165) is 20.7 Å². The predicted molar refractivity (Wildman–Crippen MR) is 148 cm³/mol. The number of hydrogen-bond acceptors (Lipinski definition) is 10. The van der Waals surface area contributed by atoms with Crippen LogP contribution in [-0.2, 0) is 23.7 Å². The van der Waals surface area contributed by atoms with Crippen molar-refractivity contribution in [3.05, 3.63) is 36.8 Å². The maximum atomic E-state index is 12.6. The fourth-order valence-corrected chi connectivity index (χ4v) is 5.41. The first-order chi connectivity index (χ1) is 16.9. The molecule has 1 amide bonds. The van der Waals surface area contributed by atoms with Crippen LogP contribution in [0, 0.1) is 13.8 Å². The monoisotopic (exact) mass is 619 g/mol. The predicted octanol–water partition coefficient (Wildman–Crippen LogP) is 6.53. The third kappa shape index (κ3) is 10.8. The molecule has 2 aromatic rings. The Bertz CT molecular complexity index is 1120. The zero-order chi connectivity index (χ0) is 28.7. The molecule has 9 nitrogen and oxygen atoms in total. The molecule has 0 aliphatic carbocycles. The third-order valence-electron chi connectivity index (χ3n) is 4.12. The number of methoxy groups -OCH3 is 2. The van der Waals surface area contributed by atoms with Gasteiger partial charge in [0.25, 0.3) is 0 Å². The molecule has 0 bridgehead atoms. The van der Waals surface area contributed by atoms with Crippen molar-refractivity contribution < 1.29 is 38.1 Å². The molecule has 0 aromatic carbocycles. The van der Waals surface area contributed by atoms with E-state index in [9.17, 15) is 19.2 Å². The SMILES string of the molecule is COC(=O)c1sc(Br)cc1C.COC(=O)c1sc(N(CC(=O)OC(C)(C)C)C(=O)OC(C)(C)C)cc1C. The highest BCUT2D eigenvalue weighted by molar-refractivity contribution is 9.11. The molecule has 2 aromatic heterocycles. The fraction of sp³-hybridized carbons (Fsp3) is 0.520. The quantitative estimate of drug-likeness (QED) is 0.274. The number of carbonyl (C=O) groups is 4. The lowest BCUT2D eigenvalue weighted by Crippen LogP contribution is -2.41. The molecule has 0 spiro atoms. The normalized spacial score (nSPS) is 11.1. The minimum absolute atomic E-state index is 0.266. The van der Waals surface area contributed by atoms with E-state index < -0.39 is 29.2 Å². The molecule has 0 saturated heterocycles. The summed E-state index contributed by atoms with van der Waals surface area (Å²) in [5.41, 5.74) is 0.184. The van der Waals surface area contributed by atoms with Crippen LogP contribution in [0.4, 0.5) is 9.80 Å². The molecule has 0 atom stereocenters. The summed E-state index contributed by atoms with van der Waals surface area (Å²) < 4.78 is 21.0. The number of rotatable bonds is 5. The van der Waals surface area contributed by atoms with Gasteiger partial charge in [0, 0.05) is 0 Å². The summed E-state index contributed by atoms with van der Waals surface area (Å²) in [6, 6.07) is 3.54. The van der Waals surface area contributed by atoms with E-state index in [-0.39, 0.29) is 12.5 Å².